The molecule has 0 spiro atoms. The number of hydrogen-bond acceptors (Lipinski definition) is 4. The minimum Gasteiger partial charge on any atom is -0.380 e. The highest BCUT2D eigenvalue weighted by Gasteiger charge is 2.32. The Morgan fingerprint density at radius 1 is 0.923 bits per heavy atom. The molecule has 0 aliphatic heterocycles. The molecule has 0 aromatic heterocycles. The number of amides is 2. The van der Waals surface area contributed by atoms with E-state index in [2.05, 4.69) is 10.6 Å². The lowest BCUT2D eigenvalue weighted by Crippen LogP contribution is -2.34. The number of anilines is 2. The van der Waals surface area contributed by atoms with Crippen LogP contribution in [0.15, 0.2) is 48.5 Å². The average Bonchev–Trinajstić information content (AvgIpc) is 2.54. The molecular formula is C20H25N3O3. The number of aliphatic hydroxyl groups is 1. The van der Waals surface area contributed by atoms with E-state index in [4.69, 9.17) is 5.73 Å². The third-order valence-corrected chi connectivity index (χ3v) is 3.98. The number of nitrogens with one attached hydrogen (secondary N) is 2. The molecule has 0 fully saturated rings. The molecule has 2 aromatic carbocycles. The molecule has 2 aromatic rings. The predicted octanol–water partition coefficient (Wildman–Crippen LogP) is 2.58. The Labute approximate surface area is 153 Å². The smallest absolute Gasteiger partial charge is 0.221 e. The van der Waals surface area contributed by atoms with Gasteiger partial charge in [-0.1, -0.05) is 24.3 Å². The molecular weight excluding hydrogens is 330 g/mol. The van der Waals surface area contributed by atoms with Gasteiger partial charge in [0, 0.05) is 31.3 Å². The third kappa shape index (κ3) is 4.91. The third-order valence-electron chi connectivity index (χ3n) is 3.98. The van der Waals surface area contributed by atoms with Gasteiger partial charge in [-0.15, -0.1) is 0 Å². The standard InChI is InChI=1S/C20H25N3O3/c1-13(21)12-20(26,16-4-8-18(9-5-16)22-14(2)24)17-6-10-19(11-7-17)23-15(3)25/h4-11,13,26H,12,21H2,1-3H3,(H,22,24)(H,23,25). The quantitative estimate of drug-likeness (QED) is 0.639. The first kappa shape index (κ1) is 19.6. The Morgan fingerprint density at radius 2 is 1.27 bits per heavy atom. The maximum atomic E-state index is 11.4. The van der Waals surface area contributed by atoms with E-state index in [0.717, 1.165) is 0 Å². The topological polar surface area (TPSA) is 104 Å². The fourth-order valence-corrected chi connectivity index (χ4v) is 2.93. The van der Waals surface area contributed by atoms with E-state index in [1.807, 2.05) is 6.92 Å². The summed E-state index contributed by atoms with van der Waals surface area (Å²) >= 11 is 0. The Morgan fingerprint density at radius 3 is 1.54 bits per heavy atom. The van der Waals surface area contributed by atoms with Crippen molar-refractivity contribution in [2.24, 2.45) is 5.73 Å². The van der Waals surface area contributed by atoms with Crippen molar-refractivity contribution in [2.75, 3.05) is 10.6 Å². The fraction of sp³-hybridized carbons (Fsp3) is 0.300. The lowest BCUT2D eigenvalue weighted by Gasteiger charge is -2.31. The van der Waals surface area contributed by atoms with E-state index in [0.29, 0.717) is 28.9 Å². The minimum absolute atomic E-state index is 0.155. The Balaban J connectivity index is 2.38. The summed E-state index contributed by atoms with van der Waals surface area (Å²) < 4.78 is 0. The summed E-state index contributed by atoms with van der Waals surface area (Å²) in [4.78, 5) is 22.3. The van der Waals surface area contributed by atoms with Crippen molar-refractivity contribution in [3.63, 3.8) is 0 Å². The zero-order chi connectivity index (χ0) is 19.3. The summed E-state index contributed by atoms with van der Waals surface area (Å²) in [6.45, 7) is 4.72. The van der Waals surface area contributed by atoms with E-state index >= 15 is 0 Å². The normalized spacial score (nSPS) is 12.3. The van der Waals surface area contributed by atoms with Crippen molar-refractivity contribution in [3.8, 4) is 0 Å². The molecule has 1 unspecified atom stereocenters. The molecule has 26 heavy (non-hydrogen) atoms. The highest BCUT2D eigenvalue weighted by Crippen LogP contribution is 2.35. The van der Waals surface area contributed by atoms with Gasteiger partial charge in [-0.05, 0) is 48.7 Å². The summed E-state index contributed by atoms with van der Waals surface area (Å²) in [7, 11) is 0. The highest BCUT2D eigenvalue weighted by atomic mass is 16.3. The van der Waals surface area contributed by atoms with E-state index in [-0.39, 0.29) is 17.9 Å². The van der Waals surface area contributed by atoms with Crippen LogP contribution in [0.4, 0.5) is 11.4 Å². The molecule has 0 radical (unpaired) electrons. The molecule has 0 aliphatic rings. The van der Waals surface area contributed by atoms with E-state index < -0.39 is 5.60 Å². The number of carbonyl (C=O) groups excluding carboxylic acids is 2. The number of nitrogens with two attached hydrogens (primary N) is 1. The van der Waals surface area contributed by atoms with Gasteiger partial charge in [0.2, 0.25) is 11.8 Å². The van der Waals surface area contributed by atoms with Crippen molar-refractivity contribution in [1.29, 1.82) is 0 Å². The zero-order valence-electron chi connectivity index (χ0n) is 15.2. The number of hydrogen-bond donors (Lipinski definition) is 4. The van der Waals surface area contributed by atoms with Crippen LogP contribution in [0.1, 0.15) is 38.3 Å². The number of benzene rings is 2. The Hall–Kier alpha value is -2.70. The van der Waals surface area contributed by atoms with Crippen LogP contribution in [-0.4, -0.2) is 23.0 Å². The van der Waals surface area contributed by atoms with Gasteiger partial charge in [0.25, 0.3) is 0 Å². The molecule has 2 amide bonds. The van der Waals surface area contributed by atoms with Gasteiger partial charge in [0.05, 0.1) is 0 Å². The number of carbonyl (C=O) groups is 2. The summed E-state index contributed by atoms with van der Waals surface area (Å²) in [5.74, 6) is -0.311. The first-order valence-electron chi connectivity index (χ1n) is 8.45. The van der Waals surface area contributed by atoms with Crippen molar-refractivity contribution in [3.05, 3.63) is 59.7 Å². The lowest BCUT2D eigenvalue weighted by molar-refractivity contribution is -0.115. The molecule has 0 aliphatic carbocycles. The zero-order valence-corrected chi connectivity index (χ0v) is 15.2. The van der Waals surface area contributed by atoms with Crippen LogP contribution >= 0.6 is 0 Å². The molecule has 2 rings (SSSR count). The minimum atomic E-state index is -1.28. The van der Waals surface area contributed by atoms with Gasteiger partial charge in [-0.2, -0.15) is 0 Å². The maximum absolute atomic E-state index is 11.4. The predicted molar refractivity (Wildman–Crippen MR) is 103 cm³/mol. The van der Waals surface area contributed by atoms with Crippen LogP contribution in [-0.2, 0) is 15.2 Å². The van der Waals surface area contributed by atoms with Crippen LogP contribution in [0, 0.1) is 0 Å². The molecule has 0 saturated carbocycles. The van der Waals surface area contributed by atoms with Gasteiger partial charge in [-0.3, -0.25) is 9.59 Å². The maximum Gasteiger partial charge on any atom is 0.221 e. The van der Waals surface area contributed by atoms with E-state index in [9.17, 15) is 14.7 Å². The second-order valence-corrected chi connectivity index (χ2v) is 6.56. The molecule has 1 atom stereocenters. The van der Waals surface area contributed by atoms with Gasteiger partial charge in [0.15, 0.2) is 0 Å². The SMILES string of the molecule is CC(=O)Nc1ccc(C(O)(CC(C)N)c2ccc(NC(C)=O)cc2)cc1. The molecule has 6 heteroatoms. The van der Waals surface area contributed by atoms with Gasteiger partial charge >= 0.3 is 0 Å². The van der Waals surface area contributed by atoms with Crippen LogP contribution in [0.2, 0.25) is 0 Å². The summed E-state index contributed by atoms with van der Waals surface area (Å²) in [6.07, 6.45) is 0.325. The van der Waals surface area contributed by atoms with Crippen molar-refractivity contribution in [1.82, 2.24) is 0 Å². The Bertz CT molecular complexity index is 708. The average molecular weight is 355 g/mol. The van der Waals surface area contributed by atoms with E-state index in [1.54, 1.807) is 48.5 Å². The van der Waals surface area contributed by atoms with Crippen LogP contribution in [0.3, 0.4) is 0 Å². The second-order valence-electron chi connectivity index (χ2n) is 6.56. The summed E-state index contributed by atoms with van der Waals surface area (Å²) in [5, 5.41) is 16.8. The Kier molecular flexibility index (Phi) is 6.13. The largest absolute Gasteiger partial charge is 0.380 e. The molecule has 138 valence electrons. The first-order chi connectivity index (χ1) is 12.2. The van der Waals surface area contributed by atoms with Crippen molar-refractivity contribution in [2.45, 2.75) is 38.8 Å². The molecule has 0 heterocycles. The molecule has 6 nitrogen and oxygen atoms in total. The monoisotopic (exact) mass is 355 g/mol. The van der Waals surface area contributed by atoms with Gasteiger partial charge in [-0.25, -0.2) is 0 Å². The highest BCUT2D eigenvalue weighted by molar-refractivity contribution is 5.89. The van der Waals surface area contributed by atoms with Crippen molar-refractivity contribution >= 4 is 23.2 Å². The number of rotatable bonds is 6. The van der Waals surface area contributed by atoms with Crippen LogP contribution in [0.5, 0.6) is 0 Å². The van der Waals surface area contributed by atoms with Crippen LogP contribution in [0.25, 0.3) is 0 Å². The second kappa shape index (κ2) is 8.12. The molecule has 5 N–H and O–H groups in total. The van der Waals surface area contributed by atoms with Crippen molar-refractivity contribution < 1.29 is 14.7 Å². The first-order valence-corrected chi connectivity index (χ1v) is 8.45. The van der Waals surface area contributed by atoms with E-state index in [1.165, 1.54) is 13.8 Å². The lowest BCUT2D eigenvalue weighted by atomic mass is 9.81. The summed E-state index contributed by atoms with van der Waals surface area (Å²) in [5.41, 5.74) is 7.36. The van der Waals surface area contributed by atoms with Crippen LogP contribution < -0.4 is 16.4 Å². The fourth-order valence-electron chi connectivity index (χ4n) is 2.93. The molecule has 0 bridgehead atoms. The van der Waals surface area contributed by atoms with Gasteiger partial charge in [0.1, 0.15) is 5.60 Å². The van der Waals surface area contributed by atoms with Gasteiger partial charge < -0.3 is 21.5 Å². The summed E-state index contributed by atoms with van der Waals surface area (Å²) in [6, 6.07) is 13.8. The molecule has 0 saturated heterocycles.